The molecule has 2 N–H and O–H groups in total. The molecule has 17 heavy (non-hydrogen) atoms. The van der Waals surface area contributed by atoms with Gasteiger partial charge in [0, 0.05) is 5.75 Å². The molecule has 0 spiro atoms. The second-order valence-electron chi connectivity index (χ2n) is 4.57. The number of hydrogen-bond donors (Lipinski definition) is 2. The highest BCUT2D eigenvalue weighted by molar-refractivity contribution is 8.19. The van der Waals surface area contributed by atoms with Gasteiger partial charge in [0.1, 0.15) is 0 Å². The van der Waals surface area contributed by atoms with Crippen molar-refractivity contribution in [3.63, 3.8) is 0 Å². The van der Waals surface area contributed by atoms with E-state index in [1.54, 1.807) is 23.5 Å². The fraction of sp³-hybridized carbons (Fsp3) is 0.538. The van der Waals surface area contributed by atoms with Gasteiger partial charge in [-0.05, 0) is 17.0 Å². The predicted molar refractivity (Wildman–Crippen MR) is 75.3 cm³/mol. The molecule has 0 aliphatic carbocycles. The van der Waals surface area contributed by atoms with Gasteiger partial charge in [0.15, 0.2) is 6.29 Å². The van der Waals surface area contributed by atoms with E-state index in [2.05, 4.69) is 38.1 Å². The Labute approximate surface area is 111 Å². The van der Waals surface area contributed by atoms with E-state index < -0.39 is 6.29 Å². The molecule has 1 aliphatic heterocycles. The van der Waals surface area contributed by atoms with Gasteiger partial charge in [0.2, 0.25) is 0 Å². The van der Waals surface area contributed by atoms with E-state index in [1.807, 2.05) is 0 Å². The monoisotopic (exact) mass is 270 g/mol. The van der Waals surface area contributed by atoms with Crippen molar-refractivity contribution in [2.24, 2.45) is 0 Å². The molecule has 4 heteroatoms. The summed E-state index contributed by atoms with van der Waals surface area (Å²) in [4.78, 5) is 0. The Morgan fingerprint density at radius 3 is 2.29 bits per heavy atom. The molecule has 2 unspecified atom stereocenters. The maximum Gasteiger partial charge on any atom is 0.164 e. The van der Waals surface area contributed by atoms with Crippen LogP contribution in [-0.4, -0.2) is 27.5 Å². The van der Waals surface area contributed by atoms with Crippen molar-refractivity contribution in [2.75, 3.05) is 5.75 Å². The first-order chi connectivity index (χ1) is 8.08. The molecule has 2 rings (SSSR count). The van der Waals surface area contributed by atoms with Crippen molar-refractivity contribution in [3.8, 4) is 0 Å². The van der Waals surface area contributed by atoms with Crippen molar-refractivity contribution in [1.29, 1.82) is 0 Å². The van der Waals surface area contributed by atoms with E-state index in [4.69, 9.17) is 10.2 Å². The number of rotatable bonds is 3. The summed E-state index contributed by atoms with van der Waals surface area (Å²) in [6.07, 6.45) is -1.20. The quantitative estimate of drug-likeness (QED) is 0.829. The van der Waals surface area contributed by atoms with Crippen LogP contribution in [0.25, 0.3) is 0 Å². The summed E-state index contributed by atoms with van der Waals surface area (Å²) in [5.74, 6) is 1.36. The van der Waals surface area contributed by atoms with E-state index in [9.17, 15) is 0 Å². The van der Waals surface area contributed by atoms with Crippen molar-refractivity contribution in [3.05, 3.63) is 35.4 Å². The van der Waals surface area contributed by atoms with Gasteiger partial charge >= 0.3 is 0 Å². The minimum atomic E-state index is -1.20. The van der Waals surface area contributed by atoms with Gasteiger partial charge in [-0.1, -0.05) is 38.1 Å². The summed E-state index contributed by atoms with van der Waals surface area (Å²) < 4.78 is 0.336. The third kappa shape index (κ3) is 3.19. The van der Waals surface area contributed by atoms with Crippen LogP contribution in [0, 0.1) is 0 Å². The molecular formula is C13H18O2S2. The lowest BCUT2D eigenvalue weighted by atomic mass is 10.0. The van der Waals surface area contributed by atoms with E-state index in [1.165, 1.54) is 11.1 Å². The first-order valence-corrected chi connectivity index (χ1v) is 7.80. The molecule has 1 aliphatic rings. The zero-order chi connectivity index (χ0) is 12.4. The summed E-state index contributed by atoms with van der Waals surface area (Å²) in [5, 5.41) is 18.2. The summed E-state index contributed by atoms with van der Waals surface area (Å²) >= 11 is 3.44. The van der Waals surface area contributed by atoms with E-state index in [-0.39, 0.29) is 5.25 Å². The molecule has 94 valence electrons. The Kier molecular flexibility index (Phi) is 4.42. The average molecular weight is 270 g/mol. The average Bonchev–Trinajstić information content (AvgIpc) is 2.78. The van der Waals surface area contributed by atoms with Crippen LogP contribution < -0.4 is 0 Å². The Balaban J connectivity index is 2.04. The van der Waals surface area contributed by atoms with E-state index >= 15 is 0 Å². The van der Waals surface area contributed by atoms with Crippen molar-refractivity contribution < 1.29 is 10.2 Å². The summed E-state index contributed by atoms with van der Waals surface area (Å²) in [7, 11) is 0. The number of aliphatic hydroxyl groups excluding tert-OH is 1. The summed E-state index contributed by atoms with van der Waals surface area (Å²) in [6.45, 7) is 4.37. The Bertz CT molecular complexity index is 362. The third-order valence-electron chi connectivity index (χ3n) is 2.92. The second kappa shape index (κ2) is 5.65. The first-order valence-electron chi connectivity index (χ1n) is 5.81. The minimum Gasteiger partial charge on any atom is -0.367 e. The third-order valence-corrected chi connectivity index (χ3v) is 6.28. The van der Waals surface area contributed by atoms with Gasteiger partial charge in [0.05, 0.1) is 9.83 Å². The van der Waals surface area contributed by atoms with Gasteiger partial charge in [-0.25, -0.2) is 0 Å². The Hall–Kier alpha value is -0.160. The molecular weight excluding hydrogens is 252 g/mol. The van der Waals surface area contributed by atoms with Crippen LogP contribution in [0.5, 0.6) is 0 Å². The predicted octanol–water partition coefficient (Wildman–Crippen LogP) is 2.97. The molecule has 1 fully saturated rings. The molecule has 0 radical (unpaired) electrons. The maximum atomic E-state index is 9.16. The smallest absolute Gasteiger partial charge is 0.164 e. The summed E-state index contributed by atoms with van der Waals surface area (Å²) in [6, 6.07) is 8.66. The highest BCUT2D eigenvalue weighted by Gasteiger charge is 2.31. The Morgan fingerprint density at radius 2 is 1.82 bits per heavy atom. The van der Waals surface area contributed by atoms with Crippen molar-refractivity contribution in [2.45, 2.75) is 35.9 Å². The largest absolute Gasteiger partial charge is 0.367 e. The van der Waals surface area contributed by atoms with Crippen LogP contribution in [0.15, 0.2) is 24.3 Å². The van der Waals surface area contributed by atoms with Crippen LogP contribution in [-0.2, 0) is 0 Å². The van der Waals surface area contributed by atoms with Crippen LogP contribution in [0.4, 0.5) is 0 Å². The lowest BCUT2D eigenvalue weighted by molar-refractivity contribution is -0.0355. The fourth-order valence-electron chi connectivity index (χ4n) is 1.79. The molecule has 2 nitrogen and oxygen atoms in total. The van der Waals surface area contributed by atoms with Crippen LogP contribution in [0.1, 0.15) is 35.5 Å². The lowest BCUT2D eigenvalue weighted by Crippen LogP contribution is -2.21. The van der Waals surface area contributed by atoms with Crippen molar-refractivity contribution in [1.82, 2.24) is 0 Å². The molecule has 0 saturated carbocycles. The Morgan fingerprint density at radius 1 is 1.18 bits per heavy atom. The molecule has 0 bridgehead atoms. The number of thioether (sulfide) groups is 2. The molecule has 0 aromatic heterocycles. The van der Waals surface area contributed by atoms with Gasteiger partial charge in [-0.2, -0.15) is 0 Å². The van der Waals surface area contributed by atoms with Crippen LogP contribution in [0.3, 0.4) is 0 Å². The lowest BCUT2D eigenvalue weighted by Gasteiger charge is -2.13. The molecule has 1 heterocycles. The molecule has 1 aromatic carbocycles. The van der Waals surface area contributed by atoms with Gasteiger partial charge in [-0.3, -0.25) is 0 Å². The number of benzene rings is 1. The zero-order valence-corrected chi connectivity index (χ0v) is 11.7. The van der Waals surface area contributed by atoms with E-state index in [0.29, 0.717) is 10.5 Å². The SMILES string of the molecule is CC(C)c1ccc(C2SCC(C(O)O)S2)cc1. The highest BCUT2D eigenvalue weighted by Crippen LogP contribution is 2.49. The number of aliphatic hydroxyl groups is 2. The van der Waals surface area contributed by atoms with Gasteiger partial charge in [0.25, 0.3) is 0 Å². The topological polar surface area (TPSA) is 40.5 Å². The van der Waals surface area contributed by atoms with Crippen LogP contribution in [0.2, 0.25) is 0 Å². The summed E-state index contributed by atoms with van der Waals surface area (Å²) in [5.41, 5.74) is 2.62. The molecule has 0 amide bonds. The van der Waals surface area contributed by atoms with Gasteiger partial charge in [-0.15, -0.1) is 23.5 Å². The second-order valence-corrected chi connectivity index (χ2v) is 7.36. The van der Waals surface area contributed by atoms with Gasteiger partial charge < -0.3 is 10.2 Å². The molecule has 2 atom stereocenters. The standard InChI is InChI=1S/C13H18O2S2/c1-8(2)9-3-5-10(6-4-9)13-16-7-11(17-13)12(14)15/h3-6,8,11-15H,7H2,1-2H3. The maximum absolute atomic E-state index is 9.16. The number of hydrogen-bond acceptors (Lipinski definition) is 4. The first kappa shape index (κ1) is 13.3. The van der Waals surface area contributed by atoms with Crippen molar-refractivity contribution >= 4 is 23.5 Å². The van der Waals surface area contributed by atoms with Crippen LogP contribution >= 0.6 is 23.5 Å². The van der Waals surface area contributed by atoms with E-state index in [0.717, 1.165) is 5.75 Å². The highest BCUT2D eigenvalue weighted by atomic mass is 32.2. The molecule has 1 aromatic rings. The minimum absolute atomic E-state index is 0.0604. The fourth-order valence-corrected chi connectivity index (χ4v) is 4.98. The normalized spacial score (nSPS) is 24.8. The molecule has 1 saturated heterocycles. The zero-order valence-electron chi connectivity index (χ0n) is 10.0.